The number of hydrogen-bond donors (Lipinski definition) is 1. The lowest BCUT2D eigenvalue weighted by atomic mass is 10.1. The zero-order chi connectivity index (χ0) is 23.9. The Labute approximate surface area is 199 Å². The van der Waals surface area contributed by atoms with E-state index in [2.05, 4.69) is 15.3 Å². The van der Waals surface area contributed by atoms with Crippen molar-refractivity contribution < 1.29 is 9.59 Å². The largest absolute Gasteiger partial charge is 0.331 e. The minimum Gasteiger partial charge on any atom is -0.331 e. The molecule has 4 rings (SSSR count). The number of benzene rings is 2. The SMILES string of the molecule is CC(C)N(CC(=O)Nc1nc(-c2ccccc2)cn1-c1ccccc1)C(=O)Cc1cccnc1. The number of anilines is 1. The third-order valence-electron chi connectivity index (χ3n) is 5.40. The molecule has 0 atom stereocenters. The van der Waals surface area contributed by atoms with Crippen LogP contribution in [0.5, 0.6) is 0 Å². The van der Waals surface area contributed by atoms with Crippen LogP contribution >= 0.6 is 0 Å². The minimum atomic E-state index is -0.310. The summed E-state index contributed by atoms with van der Waals surface area (Å²) in [6.45, 7) is 3.72. The molecule has 0 unspecified atom stereocenters. The maximum atomic E-state index is 13.0. The highest BCUT2D eigenvalue weighted by atomic mass is 16.2. The van der Waals surface area contributed by atoms with Crippen molar-refractivity contribution in [1.82, 2.24) is 19.4 Å². The van der Waals surface area contributed by atoms with Gasteiger partial charge in [-0.2, -0.15) is 0 Å². The molecular weight excluding hydrogens is 426 g/mol. The molecule has 0 bridgehead atoms. The zero-order valence-electron chi connectivity index (χ0n) is 19.3. The number of rotatable bonds is 8. The first kappa shape index (κ1) is 22.9. The van der Waals surface area contributed by atoms with E-state index in [-0.39, 0.29) is 30.8 Å². The molecule has 0 saturated carbocycles. The van der Waals surface area contributed by atoms with Crippen molar-refractivity contribution >= 4 is 17.8 Å². The Morgan fingerprint density at radius 1 is 0.971 bits per heavy atom. The Morgan fingerprint density at radius 3 is 2.32 bits per heavy atom. The Hall–Kier alpha value is -4.26. The summed E-state index contributed by atoms with van der Waals surface area (Å²) in [5, 5.41) is 2.91. The lowest BCUT2D eigenvalue weighted by molar-refractivity contribution is -0.135. The van der Waals surface area contributed by atoms with Crippen molar-refractivity contribution in [2.45, 2.75) is 26.3 Å². The van der Waals surface area contributed by atoms with Crippen LogP contribution in [-0.4, -0.2) is 43.8 Å². The van der Waals surface area contributed by atoms with Crippen LogP contribution in [0, 0.1) is 0 Å². The van der Waals surface area contributed by atoms with Gasteiger partial charge in [-0.1, -0.05) is 54.6 Å². The standard InChI is InChI=1S/C27H27N5O2/c1-20(2)31(26(34)16-21-10-9-15-28-17-21)19-25(33)30-27-29-24(22-11-5-3-6-12-22)18-32(27)23-13-7-4-8-14-23/h3-15,17-18,20H,16,19H2,1-2H3,(H,29,30,33). The number of nitrogens with one attached hydrogen (secondary N) is 1. The molecular formula is C27H27N5O2. The van der Waals surface area contributed by atoms with Gasteiger partial charge in [-0.15, -0.1) is 0 Å². The first-order valence-electron chi connectivity index (χ1n) is 11.2. The molecule has 172 valence electrons. The summed E-state index contributed by atoms with van der Waals surface area (Å²) in [6.07, 6.45) is 5.42. The monoisotopic (exact) mass is 453 g/mol. The molecule has 0 spiro atoms. The van der Waals surface area contributed by atoms with Crippen LogP contribution in [0.3, 0.4) is 0 Å². The summed E-state index contributed by atoms with van der Waals surface area (Å²) in [6, 6.07) is 23.0. The van der Waals surface area contributed by atoms with Crippen molar-refractivity contribution in [3.63, 3.8) is 0 Å². The molecule has 2 heterocycles. The quantitative estimate of drug-likeness (QED) is 0.430. The summed E-state index contributed by atoms with van der Waals surface area (Å²) in [7, 11) is 0. The molecule has 0 aliphatic rings. The minimum absolute atomic E-state index is 0.0704. The number of nitrogens with zero attached hydrogens (tertiary/aromatic N) is 4. The number of carbonyl (C=O) groups is 2. The fourth-order valence-corrected chi connectivity index (χ4v) is 3.66. The van der Waals surface area contributed by atoms with Crippen LogP contribution < -0.4 is 5.32 Å². The summed E-state index contributed by atoms with van der Waals surface area (Å²) >= 11 is 0. The Kier molecular flexibility index (Phi) is 7.13. The van der Waals surface area contributed by atoms with Crippen molar-refractivity contribution in [3.8, 4) is 16.9 Å². The van der Waals surface area contributed by atoms with Gasteiger partial charge in [-0.05, 0) is 37.6 Å². The highest BCUT2D eigenvalue weighted by Gasteiger charge is 2.22. The fourth-order valence-electron chi connectivity index (χ4n) is 3.66. The van der Waals surface area contributed by atoms with Gasteiger partial charge in [0.15, 0.2) is 0 Å². The number of imidazole rings is 1. The van der Waals surface area contributed by atoms with E-state index in [1.54, 1.807) is 23.4 Å². The number of amides is 2. The van der Waals surface area contributed by atoms with E-state index in [1.165, 1.54) is 0 Å². The van der Waals surface area contributed by atoms with Crippen LogP contribution in [0.4, 0.5) is 5.95 Å². The maximum Gasteiger partial charge on any atom is 0.246 e. The van der Waals surface area contributed by atoms with Gasteiger partial charge in [-0.25, -0.2) is 4.98 Å². The average Bonchev–Trinajstić information content (AvgIpc) is 3.27. The lowest BCUT2D eigenvalue weighted by Gasteiger charge is -2.26. The molecule has 2 aromatic heterocycles. The molecule has 0 radical (unpaired) electrons. The Balaban J connectivity index is 1.55. The van der Waals surface area contributed by atoms with E-state index < -0.39 is 0 Å². The van der Waals surface area contributed by atoms with E-state index in [9.17, 15) is 9.59 Å². The van der Waals surface area contributed by atoms with Crippen molar-refractivity contribution in [1.29, 1.82) is 0 Å². The third kappa shape index (κ3) is 5.56. The molecule has 2 aromatic carbocycles. The van der Waals surface area contributed by atoms with Gasteiger partial charge in [0.1, 0.15) is 6.54 Å². The molecule has 2 amide bonds. The molecule has 0 saturated heterocycles. The van der Waals surface area contributed by atoms with Crippen molar-refractivity contribution in [2.75, 3.05) is 11.9 Å². The van der Waals surface area contributed by atoms with Gasteiger partial charge >= 0.3 is 0 Å². The van der Waals surface area contributed by atoms with Crippen molar-refractivity contribution in [3.05, 3.63) is 97.0 Å². The smallest absolute Gasteiger partial charge is 0.246 e. The van der Waals surface area contributed by atoms with E-state index in [0.29, 0.717) is 5.95 Å². The Morgan fingerprint density at radius 2 is 1.68 bits per heavy atom. The maximum absolute atomic E-state index is 13.0. The number of aromatic nitrogens is 3. The number of para-hydroxylation sites is 1. The van der Waals surface area contributed by atoms with E-state index in [0.717, 1.165) is 22.5 Å². The topological polar surface area (TPSA) is 80.1 Å². The fraction of sp³-hybridized carbons (Fsp3) is 0.185. The third-order valence-corrected chi connectivity index (χ3v) is 5.40. The second-order valence-electron chi connectivity index (χ2n) is 8.22. The normalized spacial score (nSPS) is 10.8. The number of pyridine rings is 1. The van der Waals surface area contributed by atoms with Crippen LogP contribution in [0.2, 0.25) is 0 Å². The summed E-state index contributed by atoms with van der Waals surface area (Å²) in [5.41, 5.74) is 3.38. The summed E-state index contributed by atoms with van der Waals surface area (Å²) < 4.78 is 1.84. The van der Waals surface area contributed by atoms with E-state index in [4.69, 9.17) is 0 Å². The molecule has 4 aromatic rings. The average molecular weight is 454 g/mol. The van der Waals surface area contributed by atoms with Gasteiger partial charge in [0.25, 0.3) is 0 Å². The predicted octanol–water partition coefficient (Wildman–Crippen LogP) is 4.35. The van der Waals surface area contributed by atoms with Crippen LogP contribution in [0.15, 0.2) is 91.4 Å². The highest BCUT2D eigenvalue weighted by Crippen LogP contribution is 2.24. The summed E-state index contributed by atoms with van der Waals surface area (Å²) in [4.78, 5) is 36.3. The van der Waals surface area contributed by atoms with E-state index in [1.807, 2.05) is 91.3 Å². The van der Waals surface area contributed by atoms with Crippen LogP contribution in [0.1, 0.15) is 19.4 Å². The molecule has 0 fully saturated rings. The van der Waals surface area contributed by atoms with Gasteiger partial charge in [0, 0.05) is 35.9 Å². The molecule has 7 nitrogen and oxygen atoms in total. The lowest BCUT2D eigenvalue weighted by Crippen LogP contribution is -2.43. The van der Waals surface area contributed by atoms with Gasteiger partial charge < -0.3 is 4.90 Å². The molecule has 34 heavy (non-hydrogen) atoms. The molecule has 0 aliphatic carbocycles. The first-order chi connectivity index (χ1) is 16.5. The van der Waals surface area contributed by atoms with Crippen LogP contribution in [0.25, 0.3) is 16.9 Å². The second-order valence-corrected chi connectivity index (χ2v) is 8.22. The molecule has 7 heteroatoms. The predicted molar refractivity (Wildman–Crippen MR) is 132 cm³/mol. The number of hydrogen-bond acceptors (Lipinski definition) is 4. The van der Waals surface area contributed by atoms with Crippen molar-refractivity contribution in [2.24, 2.45) is 0 Å². The Bertz CT molecular complexity index is 1240. The molecule has 1 N–H and O–H groups in total. The second kappa shape index (κ2) is 10.6. The van der Waals surface area contributed by atoms with Gasteiger partial charge in [-0.3, -0.25) is 24.5 Å². The van der Waals surface area contributed by atoms with Gasteiger partial charge in [0.2, 0.25) is 17.8 Å². The van der Waals surface area contributed by atoms with Crippen LogP contribution in [-0.2, 0) is 16.0 Å². The van der Waals surface area contributed by atoms with E-state index >= 15 is 0 Å². The van der Waals surface area contributed by atoms with Gasteiger partial charge in [0.05, 0.1) is 12.1 Å². The highest BCUT2D eigenvalue weighted by molar-refractivity contribution is 5.94. The summed E-state index contributed by atoms with van der Waals surface area (Å²) in [5.74, 6) is -0.0383. The first-order valence-corrected chi connectivity index (χ1v) is 11.2. The zero-order valence-corrected chi connectivity index (χ0v) is 19.3. The molecule has 0 aliphatic heterocycles. The number of carbonyl (C=O) groups excluding carboxylic acids is 2.